The Morgan fingerprint density at radius 3 is 2.38 bits per heavy atom. The molecular weight excluding hydrogens is 98.9 g/mol. The summed E-state index contributed by atoms with van der Waals surface area (Å²) in [6.45, 7) is 3.88. The maximum atomic E-state index is 10.6. The molecule has 0 N–H and O–H groups in total. The summed E-state index contributed by atoms with van der Waals surface area (Å²) in [5.74, 6) is 0.312. The second kappa shape index (κ2) is 3.70. The lowest BCUT2D eigenvalue weighted by atomic mass is 9.92. The zero-order valence-electron chi connectivity index (χ0n) is 5.48. The van der Waals surface area contributed by atoms with Crippen molar-refractivity contribution in [3.8, 4) is 0 Å². The molecule has 8 heavy (non-hydrogen) atoms. The van der Waals surface area contributed by atoms with Gasteiger partial charge in [-0.05, 0) is 12.7 Å². The van der Waals surface area contributed by atoms with Crippen molar-refractivity contribution in [2.45, 2.75) is 26.6 Å². The third kappa shape index (κ3) is 2.15. The first-order valence-corrected chi connectivity index (χ1v) is 2.95. The molecular formula is C6H11BO. The monoisotopic (exact) mass is 110 g/mol. The number of carbonyl (C=O) groups is 1. The summed E-state index contributed by atoms with van der Waals surface area (Å²) in [6.07, 6.45) is 1.09. The summed E-state index contributed by atoms with van der Waals surface area (Å²) >= 11 is 0. The van der Waals surface area contributed by atoms with E-state index in [1.807, 2.05) is 13.8 Å². The van der Waals surface area contributed by atoms with Crippen LogP contribution in [0.1, 0.15) is 20.3 Å². The van der Waals surface area contributed by atoms with Gasteiger partial charge in [-0.2, -0.15) is 0 Å². The Labute approximate surface area is 51.9 Å². The summed E-state index contributed by atoms with van der Waals surface area (Å²) in [5, 5.41) is 0. The fraction of sp³-hybridized carbons (Fsp3) is 0.833. The van der Waals surface area contributed by atoms with Crippen molar-refractivity contribution in [1.82, 2.24) is 0 Å². The Hall–Kier alpha value is -0.265. The number of ketones is 1. The molecule has 0 aliphatic rings. The molecule has 0 amide bonds. The van der Waals surface area contributed by atoms with E-state index in [0.717, 1.165) is 6.42 Å². The summed E-state index contributed by atoms with van der Waals surface area (Å²) < 4.78 is 0. The maximum absolute atomic E-state index is 10.6. The zero-order valence-corrected chi connectivity index (χ0v) is 5.48. The topological polar surface area (TPSA) is 17.1 Å². The molecule has 0 bridgehead atoms. The molecule has 1 unspecified atom stereocenters. The average Bonchev–Trinajstić information content (AvgIpc) is 1.84. The van der Waals surface area contributed by atoms with Crippen LogP contribution in [0.4, 0.5) is 0 Å². The molecule has 0 rings (SSSR count). The molecule has 0 saturated carbocycles. The number of hydrogen-bond acceptors (Lipinski definition) is 1. The standard InChI is InChI=1S/C6H11BO/c1-3-5(2)6(8)4-7/h5H,3-4H2,1-2H3. The van der Waals surface area contributed by atoms with E-state index in [1.165, 1.54) is 0 Å². The van der Waals surface area contributed by atoms with E-state index >= 15 is 0 Å². The van der Waals surface area contributed by atoms with Gasteiger partial charge in [-0.15, -0.1) is 0 Å². The van der Waals surface area contributed by atoms with Gasteiger partial charge in [0, 0.05) is 5.92 Å². The number of hydrogen-bond donors (Lipinski definition) is 0. The SMILES string of the molecule is [B]CC(=O)C(C)CC. The predicted octanol–water partition coefficient (Wildman–Crippen LogP) is 1.19. The molecule has 0 aromatic rings. The summed E-state index contributed by atoms with van der Waals surface area (Å²) in [5.41, 5.74) is 0. The first-order chi connectivity index (χ1) is 3.72. The lowest BCUT2D eigenvalue weighted by molar-refractivity contribution is -0.120. The van der Waals surface area contributed by atoms with E-state index in [4.69, 9.17) is 7.85 Å². The van der Waals surface area contributed by atoms with Gasteiger partial charge in [-0.25, -0.2) is 0 Å². The van der Waals surface area contributed by atoms with E-state index in [2.05, 4.69) is 0 Å². The van der Waals surface area contributed by atoms with Crippen LogP contribution in [0.5, 0.6) is 0 Å². The van der Waals surface area contributed by atoms with E-state index < -0.39 is 0 Å². The molecule has 0 saturated heterocycles. The highest BCUT2D eigenvalue weighted by Crippen LogP contribution is 2.02. The van der Waals surface area contributed by atoms with Crippen molar-refractivity contribution in [1.29, 1.82) is 0 Å². The van der Waals surface area contributed by atoms with E-state index in [9.17, 15) is 4.79 Å². The van der Waals surface area contributed by atoms with Crippen LogP contribution in [0.15, 0.2) is 0 Å². The minimum Gasteiger partial charge on any atom is -0.300 e. The average molecular weight is 110 g/mol. The van der Waals surface area contributed by atoms with Crippen molar-refractivity contribution in [3.63, 3.8) is 0 Å². The minimum atomic E-state index is 0.153. The van der Waals surface area contributed by atoms with Crippen LogP contribution in [0, 0.1) is 5.92 Å². The van der Waals surface area contributed by atoms with Crippen LogP contribution in [0.2, 0.25) is 6.32 Å². The molecule has 44 valence electrons. The Bertz CT molecular complexity index is 80.6. The van der Waals surface area contributed by atoms with E-state index in [-0.39, 0.29) is 18.0 Å². The fourth-order valence-electron chi connectivity index (χ4n) is 0.429. The molecule has 1 atom stereocenters. The van der Waals surface area contributed by atoms with Gasteiger partial charge in [0.1, 0.15) is 5.78 Å². The minimum absolute atomic E-state index is 0.153. The van der Waals surface area contributed by atoms with Gasteiger partial charge in [0.15, 0.2) is 0 Å². The van der Waals surface area contributed by atoms with Gasteiger partial charge in [0.2, 0.25) is 0 Å². The smallest absolute Gasteiger partial charge is 0.127 e. The van der Waals surface area contributed by atoms with Gasteiger partial charge in [-0.3, -0.25) is 0 Å². The molecule has 0 aromatic carbocycles. The quantitative estimate of drug-likeness (QED) is 0.498. The maximum Gasteiger partial charge on any atom is 0.127 e. The largest absolute Gasteiger partial charge is 0.300 e. The summed E-state index contributed by atoms with van der Waals surface area (Å²) in [4.78, 5) is 10.6. The predicted molar refractivity (Wildman–Crippen MR) is 35.0 cm³/mol. The fourth-order valence-corrected chi connectivity index (χ4v) is 0.429. The van der Waals surface area contributed by atoms with Crippen molar-refractivity contribution in [2.75, 3.05) is 0 Å². The highest BCUT2D eigenvalue weighted by atomic mass is 16.1. The molecule has 0 spiro atoms. The first-order valence-electron chi connectivity index (χ1n) is 2.95. The molecule has 0 aromatic heterocycles. The van der Waals surface area contributed by atoms with Gasteiger partial charge in [0.05, 0.1) is 7.85 Å². The van der Waals surface area contributed by atoms with Crippen LogP contribution < -0.4 is 0 Å². The van der Waals surface area contributed by atoms with Crippen molar-refractivity contribution in [3.05, 3.63) is 0 Å². The van der Waals surface area contributed by atoms with E-state index in [1.54, 1.807) is 0 Å². The van der Waals surface area contributed by atoms with Crippen molar-refractivity contribution in [2.24, 2.45) is 5.92 Å². The lowest BCUT2D eigenvalue weighted by Gasteiger charge is -2.02. The van der Waals surface area contributed by atoms with Crippen LogP contribution in [0.25, 0.3) is 0 Å². The Balaban J connectivity index is 3.46. The molecule has 0 heterocycles. The third-order valence-electron chi connectivity index (χ3n) is 1.36. The molecule has 0 aliphatic heterocycles. The van der Waals surface area contributed by atoms with Crippen molar-refractivity contribution >= 4 is 13.6 Å². The summed E-state index contributed by atoms with van der Waals surface area (Å²) in [6, 6.07) is 0. The third-order valence-corrected chi connectivity index (χ3v) is 1.36. The molecule has 2 radical (unpaired) electrons. The lowest BCUT2D eigenvalue weighted by Crippen LogP contribution is -2.07. The zero-order chi connectivity index (χ0) is 6.57. The van der Waals surface area contributed by atoms with Crippen LogP contribution in [-0.4, -0.2) is 13.6 Å². The van der Waals surface area contributed by atoms with Crippen LogP contribution in [0.3, 0.4) is 0 Å². The molecule has 1 nitrogen and oxygen atoms in total. The normalized spacial score (nSPS) is 13.2. The van der Waals surface area contributed by atoms with Gasteiger partial charge in [-0.1, -0.05) is 13.8 Å². The number of rotatable bonds is 3. The molecule has 0 fully saturated rings. The molecule has 0 aliphatic carbocycles. The Morgan fingerprint density at radius 1 is 1.75 bits per heavy atom. The first kappa shape index (κ1) is 7.73. The van der Waals surface area contributed by atoms with Crippen molar-refractivity contribution < 1.29 is 4.79 Å². The molecule has 2 heteroatoms. The second-order valence-electron chi connectivity index (χ2n) is 1.98. The highest BCUT2D eigenvalue weighted by molar-refractivity contribution is 6.20. The number of carbonyl (C=O) groups excluding carboxylic acids is 1. The second-order valence-corrected chi connectivity index (χ2v) is 1.98. The Kier molecular flexibility index (Phi) is 3.58. The van der Waals surface area contributed by atoms with E-state index in [0.29, 0.717) is 0 Å². The van der Waals surface area contributed by atoms with Crippen LogP contribution >= 0.6 is 0 Å². The van der Waals surface area contributed by atoms with Gasteiger partial charge >= 0.3 is 0 Å². The number of Topliss-reactive ketones (excluding diaryl/α,β-unsaturated/α-hetero) is 1. The van der Waals surface area contributed by atoms with Gasteiger partial charge < -0.3 is 4.79 Å². The van der Waals surface area contributed by atoms with Crippen LogP contribution in [-0.2, 0) is 4.79 Å². The Morgan fingerprint density at radius 2 is 2.25 bits per heavy atom. The highest BCUT2D eigenvalue weighted by Gasteiger charge is 2.05. The summed E-state index contributed by atoms with van der Waals surface area (Å²) in [7, 11) is 5.10. The van der Waals surface area contributed by atoms with Gasteiger partial charge in [0.25, 0.3) is 0 Å².